The fourth-order valence-corrected chi connectivity index (χ4v) is 2.93. The second kappa shape index (κ2) is 5.61. The van der Waals surface area contributed by atoms with Gasteiger partial charge < -0.3 is 19.5 Å². The third-order valence-electron chi connectivity index (χ3n) is 4.01. The first-order chi connectivity index (χ1) is 10.5. The molecule has 3 atom stereocenters. The highest BCUT2D eigenvalue weighted by Gasteiger charge is 2.39. The van der Waals surface area contributed by atoms with Crippen molar-refractivity contribution in [2.75, 3.05) is 11.4 Å². The minimum absolute atomic E-state index is 0.116. The van der Waals surface area contributed by atoms with E-state index in [0.717, 1.165) is 11.3 Å². The summed E-state index contributed by atoms with van der Waals surface area (Å²) in [6.07, 6.45) is -0.893. The first kappa shape index (κ1) is 14.8. The highest BCUT2D eigenvalue weighted by molar-refractivity contribution is 5.98. The average molecular weight is 305 g/mol. The number of carbonyl (C=O) groups excluding carboxylic acids is 1. The number of hydrogen-bond acceptors (Lipinski definition) is 4. The first-order valence-electron chi connectivity index (χ1n) is 7.42. The number of aliphatic carboxylic acids is 1. The molecule has 1 aromatic carbocycles. The Labute approximate surface area is 128 Å². The molecule has 1 aromatic rings. The molecule has 0 radical (unpaired) electrons. The lowest BCUT2D eigenvalue weighted by Gasteiger charge is -2.34. The summed E-state index contributed by atoms with van der Waals surface area (Å²) >= 11 is 0. The van der Waals surface area contributed by atoms with Gasteiger partial charge in [-0.1, -0.05) is 6.07 Å². The molecular formula is C16H19NO5. The van der Waals surface area contributed by atoms with E-state index < -0.39 is 18.2 Å². The maximum atomic E-state index is 12.7. The summed E-state index contributed by atoms with van der Waals surface area (Å²) in [5.41, 5.74) is 1.78. The van der Waals surface area contributed by atoms with Gasteiger partial charge in [0, 0.05) is 0 Å². The number of nitrogens with zero attached hydrogens (tertiary/aromatic N) is 1. The van der Waals surface area contributed by atoms with Crippen molar-refractivity contribution in [3.8, 4) is 5.75 Å². The Kier molecular flexibility index (Phi) is 3.78. The van der Waals surface area contributed by atoms with Gasteiger partial charge in [-0.05, 0) is 44.4 Å². The Morgan fingerprint density at radius 2 is 2.00 bits per heavy atom. The second-order valence-electron chi connectivity index (χ2n) is 5.88. The molecule has 2 aliphatic rings. The maximum absolute atomic E-state index is 12.7. The van der Waals surface area contributed by atoms with Crippen molar-refractivity contribution in [2.45, 2.75) is 45.0 Å². The van der Waals surface area contributed by atoms with E-state index in [4.69, 9.17) is 14.6 Å². The van der Waals surface area contributed by atoms with Gasteiger partial charge in [-0.15, -0.1) is 0 Å². The minimum Gasteiger partial charge on any atom is -0.487 e. The van der Waals surface area contributed by atoms with E-state index in [1.807, 2.05) is 32.0 Å². The lowest BCUT2D eigenvalue weighted by molar-refractivity contribution is -0.151. The predicted octanol–water partition coefficient (Wildman–Crippen LogP) is 1.74. The molecule has 0 aromatic heterocycles. The quantitative estimate of drug-likeness (QED) is 0.900. The molecule has 1 N–H and O–H groups in total. The third-order valence-corrected chi connectivity index (χ3v) is 4.01. The summed E-state index contributed by atoms with van der Waals surface area (Å²) in [6.45, 7) is 4.31. The molecule has 6 nitrogen and oxygen atoms in total. The normalized spacial score (nSPS) is 27.2. The molecule has 1 amide bonds. The van der Waals surface area contributed by atoms with E-state index in [0.29, 0.717) is 25.1 Å². The van der Waals surface area contributed by atoms with Crippen LogP contribution < -0.4 is 9.64 Å². The van der Waals surface area contributed by atoms with Crippen molar-refractivity contribution < 1.29 is 24.2 Å². The molecule has 1 fully saturated rings. The van der Waals surface area contributed by atoms with Crippen LogP contribution in [0.15, 0.2) is 18.2 Å². The van der Waals surface area contributed by atoms with Gasteiger partial charge in [0.05, 0.1) is 12.2 Å². The van der Waals surface area contributed by atoms with Crippen molar-refractivity contribution in [1.29, 1.82) is 0 Å². The average Bonchev–Trinajstić information content (AvgIpc) is 2.95. The van der Waals surface area contributed by atoms with Crippen LogP contribution in [0.25, 0.3) is 0 Å². The molecular weight excluding hydrogens is 286 g/mol. The third kappa shape index (κ3) is 2.66. The zero-order chi connectivity index (χ0) is 15.9. The topological polar surface area (TPSA) is 76.1 Å². The van der Waals surface area contributed by atoms with Crippen molar-refractivity contribution in [3.05, 3.63) is 23.8 Å². The van der Waals surface area contributed by atoms with Gasteiger partial charge in [0.15, 0.2) is 6.10 Å². The van der Waals surface area contributed by atoms with E-state index in [-0.39, 0.29) is 12.0 Å². The lowest BCUT2D eigenvalue weighted by atomic mass is 10.1. The van der Waals surface area contributed by atoms with Crippen LogP contribution in [0.2, 0.25) is 0 Å². The van der Waals surface area contributed by atoms with Gasteiger partial charge in [-0.3, -0.25) is 4.79 Å². The van der Waals surface area contributed by atoms with Gasteiger partial charge >= 0.3 is 5.97 Å². The zero-order valence-electron chi connectivity index (χ0n) is 12.6. The number of fused-ring (bicyclic) bond motifs is 1. The summed E-state index contributed by atoms with van der Waals surface area (Å²) in [4.78, 5) is 25.3. The summed E-state index contributed by atoms with van der Waals surface area (Å²) < 4.78 is 11.2. The van der Waals surface area contributed by atoms with Crippen LogP contribution in [0.4, 0.5) is 5.69 Å². The molecule has 0 saturated carbocycles. The number of rotatable bonds is 2. The highest BCUT2D eigenvalue weighted by atomic mass is 16.5. The van der Waals surface area contributed by atoms with Crippen LogP contribution in [0, 0.1) is 6.92 Å². The van der Waals surface area contributed by atoms with Gasteiger partial charge in [-0.25, -0.2) is 4.79 Å². The number of aryl methyl sites for hydroxylation is 1. The molecule has 6 heteroatoms. The van der Waals surface area contributed by atoms with Crippen molar-refractivity contribution >= 4 is 17.6 Å². The second-order valence-corrected chi connectivity index (χ2v) is 5.88. The number of anilines is 1. The smallest absolute Gasteiger partial charge is 0.332 e. The molecule has 0 aliphatic carbocycles. The monoisotopic (exact) mass is 305 g/mol. The fourth-order valence-electron chi connectivity index (χ4n) is 2.93. The summed E-state index contributed by atoms with van der Waals surface area (Å²) in [7, 11) is 0. The number of ether oxygens (including phenoxy) is 2. The summed E-state index contributed by atoms with van der Waals surface area (Å²) in [5, 5.41) is 8.98. The van der Waals surface area contributed by atoms with Gasteiger partial charge in [-0.2, -0.15) is 0 Å². The summed E-state index contributed by atoms with van der Waals surface area (Å²) in [5.74, 6) is -0.523. The molecule has 2 heterocycles. The molecule has 2 aliphatic heterocycles. The SMILES string of the molecule is Cc1ccc2c(c1)OC(C)CN2C(=O)[C@@H]1CC[C@H](C(=O)O)O1. The van der Waals surface area contributed by atoms with Crippen molar-refractivity contribution in [3.63, 3.8) is 0 Å². The lowest BCUT2D eigenvalue weighted by Crippen LogP contribution is -2.47. The largest absolute Gasteiger partial charge is 0.487 e. The van der Waals surface area contributed by atoms with Crippen LogP contribution in [0.1, 0.15) is 25.3 Å². The molecule has 1 unspecified atom stereocenters. The molecule has 1 saturated heterocycles. The number of amides is 1. The molecule has 22 heavy (non-hydrogen) atoms. The Hall–Kier alpha value is -2.08. The summed E-state index contributed by atoms with van der Waals surface area (Å²) in [6, 6.07) is 5.69. The van der Waals surface area contributed by atoms with Gasteiger partial charge in [0.1, 0.15) is 18.0 Å². The van der Waals surface area contributed by atoms with Crippen LogP contribution >= 0.6 is 0 Å². The number of benzene rings is 1. The van der Waals surface area contributed by atoms with Gasteiger partial charge in [0.2, 0.25) is 0 Å². The number of carboxylic acids is 1. The van der Waals surface area contributed by atoms with E-state index >= 15 is 0 Å². The number of carbonyl (C=O) groups is 2. The Morgan fingerprint density at radius 1 is 1.27 bits per heavy atom. The highest BCUT2D eigenvalue weighted by Crippen LogP contribution is 2.35. The standard InChI is InChI=1S/C16H19NO5/c1-9-3-4-11-14(7-9)21-10(2)8-17(11)15(18)12-5-6-13(22-12)16(19)20/h3-4,7,10,12-13H,5-6,8H2,1-2H3,(H,19,20)/t10?,12-,13+/m0/s1. The maximum Gasteiger partial charge on any atom is 0.332 e. The fraction of sp³-hybridized carbons (Fsp3) is 0.500. The molecule has 118 valence electrons. The Bertz CT molecular complexity index is 615. The van der Waals surface area contributed by atoms with E-state index in [1.54, 1.807) is 4.90 Å². The minimum atomic E-state index is -1.01. The molecule has 3 rings (SSSR count). The van der Waals surface area contributed by atoms with Crippen LogP contribution in [0.3, 0.4) is 0 Å². The van der Waals surface area contributed by atoms with Gasteiger partial charge in [0.25, 0.3) is 5.91 Å². The molecule has 0 bridgehead atoms. The Morgan fingerprint density at radius 3 is 2.68 bits per heavy atom. The van der Waals surface area contributed by atoms with Crippen LogP contribution in [-0.4, -0.2) is 41.8 Å². The van der Waals surface area contributed by atoms with Crippen molar-refractivity contribution in [2.24, 2.45) is 0 Å². The van der Waals surface area contributed by atoms with Crippen LogP contribution in [-0.2, 0) is 14.3 Å². The van der Waals surface area contributed by atoms with Crippen molar-refractivity contribution in [1.82, 2.24) is 0 Å². The zero-order valence-corrected chi connectivity index (χ0v) is 12.6. The van der Waals surface area contributed by atoms with E-state index in [1.165, 1.54) is 0 Å². The van der Waals surface area contributed by atoms with E-state index in [9.17, 15) is 9.59 Å². The van der Waals surface area contributed by atoms with Crippen LogP contribution in [0.5, 0.6) is 5.75 Å². The molecule has 0 spiro atoms. The number of carboxylic acid groups (broad SMARTS) is 1. The van der Waals surface area contributed by atoms with E-state index in [2.05, 4.69) is 0 Å². The Balaban J connectivity index is 1.83. The number of hydrogen-bond donors (Lipinski definition) is 1. The predicted molar refractivity (Wildman–Crippen MR) is 79.2 cm³/mol. The first-order valence-corrected chi connectivity index (χ1v) is 7.42.